The van der Waals surface area contributed by atoms with Crippen LogP contribution in [0, 0.1) is 35.0 Å². The predicted octanol–water partition coefficient (Wildman–Crippen LogP) is 8.84. The third-order valence-electron chi connectivity index (χ3n) is 11.5. The van der Waals surface area contributed by atoms with Gasteiger partial charge in [0.1, 0.15) is 6.10 Å². The molecule has 0 aromatic carbocycles. The second kappa shape index (κ2) is 11.7. The summed E-state index contributed by atoms with van der Waals surface area (Å²) in [5, 5.41) is 24.0. The first-order chi connectivity index (χ1) is 17.4. The Morgan fingerprint density at radius 3 is 2.32 bits per heavy atom. The van der Waals surface area contributed by atoms with Crippen LogP contribution < -0.4 is 0 Å². The molecule has 3 nitrogen and oxygen atoms in total. The predicted molar refractivity (Wildman–Crippen MR) is 165 cm³/mol. The Labute approximate surface area is 236 Å². The molecular formula is C34H60O3Si. The Hall–Kier alpha value is -0.683. The van der Waals surface area contributed by atoms with Crippen LogP contribution in [0.2, 0.25) is 18.1 Å². The second-order valence-corrected chi connectivity index (χ2v) is 20.2. The fourth-order valence-corrected chi connectivity index (χ4v) is 8.89. The fourth-order valence-electron chi connectivity index (χ4n) is 7.50. The molecule has 0 saturated heterocycles. The van der Waals surface area contributed by atoms with E-state index in [2.05, 4.69) is 87.2 Å². The number of hydrogen-bond donors (Lipinski definition) is 2. The number of rotatable bonds is 8. The smallest absolute Gasteiger partial charge is 0.192 e. The average Bonchev–Trinajstić information content (AvgIpc) is 3.16. The maximum atomic E-state index is 12.2. The highest BCUT2D eigenvalue weighted by molar-refractivity contribution is 6.74. The van der Waals surface area contributed by atoms with Crippen molar-refractivity contribution in [2.24, 2.45) is 35.0 Å². The molecule has 0 aromatic rings. The molecule has 4 heteroatoms. The molecule has 3 fully saturated rings. The van der Waals surface area contributed by atoms with Crippen LogP contribution in [0.3, 0.4) is 0 Å². The molecule has 0 spiro atoms. The van der Waals surface area contributed by atoms with Gasteiger partial charge in [0.15, 0.2) is 8.32 Å². The zero-order valence-corrected chi connectivity index (χ0v) is 27.4. The summed E-state index contributed by atoms with van der Waals surface area (Å²) in [7, 11) is -1.87. The summed E-state index contributed by atoms with van der Waals surface area (Å²) in [6.45, 7) is 27.5. The molecular weight excluding hydrogens is 484 g/mol. The third-order valence-corrected chi connectivity index (χ3v) is 16.1. The van der Waals surface area contributed by atoms with Crippen LogP contribution in [-0.2, 0) is 4.43 Å². The Morgan fingerprint density at radius 2 is 1.71 bits per heavy atom. The molecule has 0 bridgehead atoms. The third kappa shape index (κ3) is 6.45. The van der Waals surface area contributed by atoms with Crippen LogP contribution in [0.15, 0.2) is 36.0 Å². The molecule has 3 aliphatic rings. The largest absolute Gasteiger partial charge is 0.414 e. The van der Waals surface area contributed by atoms with Crippen molar-refractivity contribution in [3.05, 3.63) is 36.0 Å². The van der Waals surface area contributed by atoms with Gasteiger partial charge in [-0.1, -0.05) is 79.7 Å². The van der Waals surface area contributed by atoms with Gasteiger partial charge in [0, 0.05) is 6.10 Å². The van der Waals surface area contributed by atoms with E-state index < -0.39 is 20.0 Å². The van der Waals surface area contributed by atoms with Gasteiger partial charge in [-0.15, -0.1) is 0 Å². The van der Waals surface area contributed by atoms with Gasteiger partial charge in [0.2, 0.25) is 0 Å². The van der Waals surface area contributed by atoms with Crippen molar-refractivity contribution in [3.63, 3.8) is 0 Å². The summed E-state index contributed by atoms with van der Waals surface area (Å²) >= 11 is 0. The first-order valence-electron chi connectivity index (χ1n) is 15.6. The summed E-state index contributed by atoms with van der Waals surface area (Å²) < 4.78 is 6.76. The highest BCUT2D eigenvalue weighted by Crippen LogP contribution is 2.61. The van der Waals surface area contributed by atoms with E-state index in [0.717, 1.165) is 56.1 Å². The standard InChI is InChI=1S/C34H60O3Si/c1-23(2)24(3)13-14-26(5)29-17-18-30-33(29,9)19-12-20-34(30,36)31(35)22-27-21-28(16-15-25(27)4)37-38(10,11)32(6,7)8/h13-14,22-24,26,28-31,35-36H,4,12,15-21H2,1-3,5-11H3/b14-13+,27-22-/t24-,26+,28+,29+,30+,31-,33+,34+/m0/s1. The minimum atomic E-state index is -1.87. The molecule has 0 unspecified atom stereocenters. The van der Waals surface area contributed by atoms with Crippen LogP contribution in [0.4, 0.5) is 0 Å². The van der Waals surface area contributed by atoms with Gasteiger partial charge in [-0.2, -0.15) is 0 Å². The van der Waals surface area contributed by atoms with Crippen molar-refractivity contribution in [3.8, 4) is 0 Å². The topological polar surface area (TPSA) is 49.7 Å². The van der Waals surface area contributed by atoms with Gasteiger partial charge in [-0.05, 0) is 116 Å². The summed E-state index contributed by atoms with van der Waals surface area (Å²) in [6.07, 6.45) is 13.7. The van der Waals surface area contributed by atoms with E-state index in [9.17, 15) is 10.2 Å². The van der Waals surface area contributed by atoms with E-state index in [4.69, 9.17) is 4.43 Å². The molecule has 3 saturated carbocycles. The lowest BCUT2D eigenvalue weighted by atomic mass is 9.56. The van der Waals surface area contributed by atoms with Crippen LogP contribution in [0.5, 0.6) is 0 Å². The summed E-state index contributed by atoms with van der Waals surface area (Å²) in [6, 6.07) is 0. The summed E-state index contributed by atoms with van der Waals surface area (Å²) in [4.78, 5) is 0. The number of allylic oxidation sites excluding steroid dienone is 3. The number of hydrogen-bond acceptors (Lipinski definition) is 3. The number of aliphatic hydroxyl groups is 2. The van der Waals surface area contributed by atoms with Gasteiger partial charge in [0.25, 0.3) is 0 Å². The molecule has 0 radical (unpaired) electrons. The Bertz CT molecular complexity index is 896. The van der Waals surface area contributed by atoms with Gasteiger partial charge >= 0.3 is 0 Å². The van der Waals surface area contributed by atoms with E-state index in [1.165, 1.54) is 0 Å². The van der Waals surface area contributed by atoms with Crippen LogP contribution in [-0.4, -0.2) is 36.3 Å². The van der Waals surface area contributed by atoms with Crippen molar-refractivity contribution < 1.29 is 14.6 Å². The van der Waals surface area contributed by atoms with Gasteiger partial charge < -0.3 is 14.6 Å². The highest BCUT2D eigenvalue weighted by atomic mass is 28.4. The highest BCUT2D eigenvalue weighted by Gasteiger charge is 2.59. The van der Waals surface area contributed by atoms with Gasteiger partial charge in [-0.25, -0.2) is 0 Å². The van der Waals surface area contributed by atoms with Crippen molar-refractivity contribution in [2.75, 3.05) is 0 Å². The van der Waals surface area contributed by atoms with E-state index >= 15 is 0 Å². The van der Waals surface area contributed by atoms with Crippen LogP contribution >= 0.6 is 0 Å². The Kier molecular flexibility index (Phi) is 9.77. The minimum absolute atomic E-state index is 0.0505. The lowest BCUT2D eigenvalue weighted by Gasteiger charge is -2.52. The molecule has 0 aromatic heterocycles. The normalized spacial score (nSPS) is 36.6. The Morgan fingerprint density at radius 1 is 1.05 bits per heavy atom. The molecule has 0 heterocycles. The maximum absolute atomic E-state index is 12.2. The van der Waals surface area contributed by atoms with E-state index in [1.807, 2.05) is 6.08 Å². The first-order valence-corrected chi connectivity index (χ1v) is 18.5. The molecule has 218 valence electrons. The van der Waals surface area contributed by atoms with Crippen molar-refractivity contribution in [1.82, 2.24) is 0 Å². The summed E-state index contributed by atoms with van der Waals surface area (Å²) in [5.41, 5.74) is 1.18. The zero-order valence-electron chi connectivity index (χ0n) is 26.4. The molecule has 3 rings (SSSR count). The van der Waals surface area contributed by atoms with Gasteiger partial charge in [-0.3, -0.25) is 0 Å². The van der Waals surface area contributed by atoms with Crippen molar-refractivity contribution in [1.29, 1.82) is 0 Å². The average molecular weight is 545 g/mol. The first kappa shape index (κ1) is 31.8. The number of aliphatic hydroxyl groups excluding tert-OH is 1. The quantitative estimate of drug-likeness (QED) is 0.237. The van der Waals surface area contributed by atoms with Crippen LogP contribution in [0.25, 0.3) is 0 Å². The van der Waals surface area contributed by atoms with E-state index in [0.29, 0.717) is 30.1 Å². The fraction of sp³-hybridized carbons (Fsp3) is 0.824. The molecule has 8 atom stereocenters. The van der Waals surface area contributed by atoms with Crippen LogP contribution in [0.1, 0.15) is 107 Å². The molecule has 38 heavy (non-hydrogen) atoms. The molecule has 0 amide bonds. The lowest BCUT2D eigenvalue weighted by molar-refractivity contribution is -0.155. The SMILES string of the molecule is C=C1CC[C@@H](O[Si](C)(C)C(C)(C)C)C/C1=C/[C@H](O)[C@@]1(O)CCC[C@]2(C)[C@@H]([C@H](C)/C=C/[C@H](C)C(C)C)CC[C@H]21. The van der Waals surface area contributed by atoms with E-state index in [1.54, 1.807) is 0 Å². The lowest BCUT2D eigenvalue weighted by Crippen LogP contribution is -2.56. The Balaban J connectivity index is 1.78. The molecule has 0 aliphatic heterocycles. The number of fused-ring (bicyclic) bond motifs is 1. The minimum Gasteiger partial charge on any atom is -0.414 e. The maximum Gasteiger partial charge on any atom is 0.192 e. The van der Waals surface area contributed by atoms with E-state index in [-0.39, 0.29) is 22.5 Å². The monoisotopic (exact) mass is 544 g/mol. The molecule has 3 aliphatic carbocycles. The summed E-state index contributed by atoms with van der Waals surface area (Å²) in [5.74, 6) is 2.37. The van der Waals surface area contributed by atoms with Gasteiger partial charge in [0.05, 0.1) is 5.60 Å². The van der Waals surface area contributed by atoms with Crippen molar-refractivity contribution >= 4 is 8.32 Å². The zero-order chi connectivity index (χ0) is 28.7. The van der Waals surface area contributed by atoms with Crippen molar-refractivity contribution in [2.45, 2.75) is 143 Å². The molecule has 2 N–H and O–H groups in total. The second-order valence-electron chi connectivity index (χ2n) is 15.4.